The Bertz CT molecular complexity index is 397. The Balaban J connectivity index is 1.85. The van der Waals surface area contributed by atoms with Gasteiger partial charge in [0.2, 0.25) is 0 Å². The average molecular weight is 266 g/mol. The fourth-order valence-corrected chi connectivity index (χ4v) is 4.15. The van der Waals surface area contributed by atoms with Crippen LogP contribution < -0.4 is 4.74 Å². The number of ether oxygens (including phenoxy) is 1. The number of benzene rings is 1. The molecule has 1 aromatic carbocycles. The van der Waals surface area contributed by atoms with Gasteiger partial charge in [-0.25, -0.2) is 0 Å². The van der Waals surface area contributed by atoms with Crippen LogP contribution in [-0.4, -0.2) is 17.1 Å². The predicted molar refractivity (Wildman–Crippen MR) is 76.3 cm³/mol. The van der Waals surface area contributed by atoms with E-state index in [4.69, 9.17) is 4.74 Å². The third-order valence-electron chi connectivity index (χ3n) is 3.61. The quantitative estimate of drug-likeness (QED) is 0.815. The summed E-state index contributed by atoms with van der Waals surface area (Å²) in [6.45, 7) is 0. The van der Waals surface area contributed by atoms with Crippen molar-refractivity contribution in [1.82, 2.24) is 0 Å². The Morgan fingerprint density at radius 1 is 1.28 bits per heavy atom. The van der Waals surface area contributed by atoms with E-state index in [1.807, 2.05) is 24.3 Å². The highest BCUT2D eigenvalue weighted by Crippen LogP contribution is 2.25. The minimum absolute atomic E-state index is 0.660. The molecule has 0 bridgehead atoms. The first kappa shape index (κ1) is 13.6. The van der Waals surface area contributed by atoms with E-state index < -0.39 is 10.8 Å². The summed E-state index contributed by atoms with van der Waals surface area (Å²) in [5.41, 5.74) is 1.11. The molecule has 1 saturated carbocycles. The normalized spacial score (nSPS) is 18.5. The minimum atomic E-state index is -0.734. The highest BCUT2D eigenvalue weighted by Gasteiger charge is 2.16. The van der Waals surface area contributed by atoms with Gasteiger partial charge in [0.05, 0.1) is 7.11 Å². The second-order valence-electron chi connectivity index (χ2n) is 5.11. The average Bonchev–Trinajstić information content (AvgIpc) is 2.40. The van der Waals surface area contributed by atoms with E-state index in [-0.39, 0.29) is 0 Å². The molecule has 1 unspecified atom stereocenters. The zero-order valence-electron chi connectivity index (χ0n) is 11.1. The van der Waals surface area contributed by atoms with Crippen molar-refractivity contribution in [2.75, 3.05) is 12.9 Å². The molecule has 1 aromatic rings. The summed E-state index contributed by atoms with van der Waals surface area (Å²) in [6, 6.07) is 7.90. The largest absolute Gasteiger partial charge is 0.497 e. The second kappa shape index (κ2) is 6.93. The predicted octanol–water partition coefficient (Wildman–Crippen LogP) is 3.52. The number of methoxy groups -OCH3 is 1. The van der Waals surface area contributed by atoms with Crippen molar-refractivity contribution in [2.24, 2.45) is 5.92 Å². The molecular weight excluding hydrogens is 244 g/mol. The van der Waals surface area contributed by atoms with Crippen LogP contribution in [0.4, 0.5) is 0 Å². The van der Waals surface area contributed by atoms with E-state index in [9.17, 15) is 4.21 Å². The van der Waals surface area contributed by atoms with Gasteiger partial charge in [0, 0.05) is 22.3 Å². The summed E-state index contributed by atoms with van der Waals surface area (Å²) in [4.78, 5) is 0. The molecule has 0 amide bonds. The molecule has 18 heavy (non-hydrogen) atoms. The lowest BCUT2D eigenvalue weighted by Crippen LogP contribution is -2.15. The van der Waals surface area contributed by atoms with Crippen LogP contribution in [0.15, 0.2) is 24.3 Å². The Kier molecular flexibility index (Phi) is 5.24. The number of rotatable bonds is 5. The first-order valence-electron chi connectivity index (χ1n) is 6.76. The molecule has 2 rings (SSSR count). The van der Waals surface area contributed by atoms with Crippen LogP contribution in [0.3, 0.4) is 0 Å². The first-order valence-corrected chi connectivity index (χ1v) is 8.24. The summed E-state index contributed by atoms with van der Waals surface area (Å²) < 4.78 is 17.3. The van der Waals surface area contributed by atoms with E-state index in [0.717, 1.165) is 17.1 Å². The fourth-order valence-electron chi connectivity index (χ4n) is 2.62. The van der Waals surface area contributed by atoms with Gasteiger partial charge >= 0.3 is 0 Å². The summed E-state index contributed by atoms with van der Waals surface area (Å²) in [5.74, 6) is 3.07. The summed E-state index contributed by atoms with van der Waals surface area (Å²) >= 11 is 0. The standard InChI is InChI=1S/C15H22O2S/c1-17-15-9-5-8-14(10-15)12-18(16)11-13-6-3-2-4-7-13/h5,8-10,13H,2-4,6-7,11-12H2,1H3. The molecule has 0 spiro atoms. The number of hydrogen-bond donors (Lipinski definition) is 0. The molecule has 0 N–H and O–H groups in total. The van der Waals surface area contributed by atoms with Gasteiger partial charge in [-0.1, -0.05) is 31.4 Å². The van der Waals surface area contributed by atoms with Gasteiger partial charge in [0.15, 0.2) is 0 Å². The maximum absolute atomic E-state index is 12.2. The topological polar surface area (TPSA) is 26.3 Å². The lowest BCUT2D eigenvalue weighted by atomic mass is 9.91. The van der Waals surface area contributed by atoms with Crippen LogP contribution in [0.1, 0.15) is 37.7 Å². The van der Waals surface area contributed by atoms with E-state index in [0.29, 0.717) is 11.7 Å². The third kappa shape index (κ3) is 4.13. The molecule has 0 radical (unpaired) electrons. The number of hydrogen-bond acceptors (Lipinski definition) is 2. The Morgan fingerprint density at radius 3 is 2.78 bits per heavy atom. The van der Waals surface area contributed by atoms with E-state index in [2.05, 4.69) is 0 Å². The van der Waals surface area contributed by atoms with Crippen LogP contribution in [0, 0.1) is 5.92 Å². The summed E-state index contributed by atoms with van der Waals surface area (Å²) in [6.07, 6.45) is 6.54. The highest BCUT2D eigenvalue weighted by molar-refractivity contribution is 7.84. The van der Waals surface area contributed by atoms with Gasteiger partial charge in [0.25, 0.3) is 0 Å². The first-order chi connectivity index (χ1) is 8.78. The molecule has 3 heteroatoms. The van der Waals surface area contributed by atoms with Crippen LogP contribution >= 0.6 is 0 Å². The molecule has 0 aromatic heterocycles. The maximum atomic E-state index is 12.2. The van der Waals surface area contributed by atoms with Crippen molar-refractivity contribution in [3.8, 4) is 5.75 Å². The van der Waals surface area contributed by atoms with Crippen molar-refractivity contribution in [3.63, 3.8) is 0 Å². The van der Waals surface area contributed by atoms with Gasteiger partial charge in [-0.05, 0) is 36.5 Å². The maximum Gasteiger partial charge on any atom is 0.119 e. The Hall–Kier alpha value is -0.830. The van der Waals surface area contributed by atoms with Crippen molar-refractivity contribution in [1.29, 1.82) is 0 Å². The molecule has 1 aliphatic carbocycles. The molecule has 1 fully saturated rings. The van der Waals surface area contributed by atoms with Gasteiger partial charge in [-0.2, -0.15) is 0 Å². The minimum Gasteiger partial charge on any atom is -0.497 e. The van der Waals surface area contributed by atoms with Crippen molar-refractivity contribution in [2.45, 2.75) is 37.9 Å². The van der Waals surface area contributed by atoms with Crippen molar-refractivity contribution in [3.05, 3.63) is 29.8 Å². The lowest BCUT2D eigenvalue weighted by molar-refractivity contribution is 0.388. The SMILES string of the molecule is COc1cccc(CS(=O)CC2CCCCC2)c1. The summed E-state index contributed by atoms with van der Waals surface area (Å²) in [7, 11) is 0.930. The zero-order chi connectivity index (χ0) is 12.8. The van der Waals surface area contributed by atoms with Crippen LogP contribution in [0.5, 0.6) is 5.75 Å². The molecule has 0 saturated heterocycles. The van der Waals surface area contributed by atoms with Gasteiger partial charge in [-0.3, -0.25) is 4.21 Å². The van der Waals surface area contributed by atoms with Crippen molar-refractivity contribution < 1.29 is 8.95 Å². The van der Waals surface area contributed by atoms with Gasteiger partial charge in [0.1, 0.15) is 5.75 Å². The zero-order valence-corrected chi connectivity index (χ0v) is 11.9. The molecule has 1 aliphatic rings. The molecule has 0 heterocycles. The summed E-state index contributed by atoms with van der Waals surface area (Å²) in [5, 5.41) is 0. The van der Waals surface area contributed by atoms with Crippen LogP contribution in [0.25, 0.3) is 0 Å². The molecule has 100 valence electrons. The molecule has 1 atom stereocenters. The Labute approximate surface area is 112 Å². The van der Waals surface area contributed by atoms with Gasteiger partial charge in [-0.15, -0.1) is 0 Å². The van der Waals surface area contributed by atoms with Crippen molar-refractivity contribution >= 4 is 10.8 Å². The fraction of sp³-hybridized carbons (Fsp3) is 0.600. The highest BCUT2D eigenvalue weighted by atomic mass is 32.2. The van der Waals surface area contributed by atoms with E-state index in [1.54, 1.807) is 7.11 Å². The molecule has 0 aliphatic heterocycles. The Morgan fingerprint density at radius 2 is 2.06 bits per heavy atom. The molecular formula is C15H22O2S. The lowest BCUT2D eigenvalue weighted by Gasteiger charge is -2.20. The smallest absolute Gasteiger partial charge is 0.119 e. The third-order valence-corrected chi connectivity index (χ3v) is 5.11. The second-order valence-corrected chi connectivity index (χ2v) is 6.61. The van der Waals surface area contributed by atoms with E-state index >= 15 is 0 Å². The monoisotopic (exact) mass is 266 g/mol. The van der Waals surface area contributed by atoms with Gasteiger partial charge < -0.3 is 4.74 Å². The van der Waals surface area contributed by atoms with E-state index in [1.165, 1.54) is 32.1 Å². The van der Waals surface area contributed by atoms with Crippen LogP contribution in [-0.2, 0) is 16.6 Å². The molecule has 2 nitrogen and oxygen atoms in total. The van der Waals surface area contributed by atoms with Crippen LogP contribution in [0.2, 0.25) is 0 Å².